The van der Waals surface area contributed by atoms with Crippen molar-refractivity contribution in [3.8, 4) is 11.5 Å². The second-order valence-corrected chi connectivity index (χ2v) is 7.31. The standard InChI is InChI=1S/C24H34O3/c1-5-7-16-26-19(4)27-24-14-10-22(11-15-24)20(6-2)17-18(3)21-8-12-23(25)13-9-21/h8-15,18-20,25H,5-7,16-17H2,1-4H3. The molecule has 0 saturated carbocycles. The molecule has 1 N–H and O–H groups in total. The zero-order valence-corrected chi connectivity index (χ0v) is 17.2. The van der Waals surface area contributed by atoms with Gasteiger partial charge in [-0.1, -0.05) is 51.5 Å². The summed E-state index contributed by atoms with van der Waals surface area (Å²) in [5.41, 5.74) is 2.61. The number of phenols is 1. The Hall–Kier alpha value is -2.00. The zero-order chi connectivity index (χ0) is 19.6. The molecule has 0 bridgehead atoms. The summed E-state index contributed by atoms with van der Waals surface area (Å²) in [6.45, 7) is 9.32. The average molecular weight is 371 g/mol. The van der Waals surface area contributed by atoms with Crippen molar-refractivity contribution in [2.45, 2.75) is 71.5 Å². The Bertz CT molecular complexity index is 648. The molecule has 0 saturated heterocycles. The molecule has 0 aliphatic heterocycles. The maximum atomic E-state index is 9.47. The van der Waals surface area contributed by atoms with Crippen molar-refractivity contribution in [2.75, 3.05) is 6.61 Å². The molecule has 0 heterocycles. The monoisotopic (exact) mass is 370 g/mol. The van der Waals surface area contributed by atoms with E-state index in [-0.39, 0.29) is 6.29 Å². The first kappa shape index (κ1) is 21.3. The predicted molar refractivity (Wildman–Crippen MR) is 112 cm³/mol. The van der Waals surface area contributed by atoms with Crippen LogP contribution >= 0.6 is 0 Å². The molecular formula is C24H34O3. The van der Waals surface area contributed by atoms with Crippen LogP contribution in [0.4, 0.5) is 0 Å². The van der Waals surface area contributed by atoms with Gasteiger partial charge in [0.25, 0.3) is 0 Å². The lowest BCUT2D eigenvalue weighted by Crippen LogP contribution is -2.16. The van der Waals surface area contributed by atoms with Crippen LogP contribution < -0.4 is 4.74 Å². The van der Waals surface area contributed by atoms with Crippen LogP contribution in [0.3, 0.4) is 0 Å². The van der Waals surface area contributed by atoms with E-state index < -0.39 is 0 Å². The van der Waals surface area contributed by atoms with Crippen LogP contribution in [-0.2, 0) is 4.74 Å². The summed E-state index contributed by atoms with van der Waals surface area (Å²) in [5, 5.41) is 9.47. The van der Waals surface area contributed by atoms with E-state index in [0.29, 0.717) is 17.6 Å². The normalized spacial score (nSPS) is 14.5. The number of rotatable bonds is 11. The first-order valence-corrected chi connectivity index (χ1v) is 10.2. The minimum atomic E-state index is -0.223. The van der Waals surface area contributed by atoms with Crippen molar-refractivity contribution < 1.29 is 14.6 Å². The van der Waals surface area contributed by atoms with Gasteiger partial charge in [-0.3, -0.25) is 0 Å². The van der Waals surface area contributed by atoms with Gasteiger partial charge in [0.15, 0.2) is 6.29 Å². The van der Waals surface area contributed by atoms with E-state index >= 15 is 0 Å². The molecule has 2 rings (SSSR count). The molecule has 2 aromatic carbocycles. The molecule has 3 nitrogen and oxygen atoms in total. The van der Waals surface area contributed by atoms with Gasteiger partial charge in [-0.2, -0.15) is 0 Å². The molecule has 3 atom stereocenters. The number of hydrogen-bond acceptors (Lipinski definition) is 3. The number of ether oxygens (including phenoxy) is 2. The van der Waals surface area contributed by atoms with Gasteiger partial charge in [0.2, 0.25) is 0 Å². The Morgan fingerprint density at radius 3 is 2.11 bits per heavy atom. The van der Waals surface area contributed by atoms with E-state index in [9.17, 15) is 5.11 Å². The van der Waals surface area contributed by atoms with Crippen molar-refractivity contribution >= 4 is 0 Å². The molecule has 3 unspecified atom stereocenters. The highest BCUT2D eigenvalue weighted by Crippen LogP contribution is 2.33. The summed E-state index contributed by atoms with van der Waals surface area (Å²) in [5.74, 6) is 2.12. The van der Waals surface area contributed by atoms with Crippen LogP contribution in [-0.4, -0.2) is 18.0 Å². The van der Waals surface area contributed by atoms with Crippen molar-refractivity contribution in [3.05, 3.63) is 59.7 Å². The largest absolute Gasteiger partial charge is 0.508 e. The van der Waals surface area contributed by atoms with Crippen LogP contribution in [0.2, 0.25) is 0 Å². The third-order valence-electron chi connectivity index (χ3n) is 5.10. The second-order valence-electron chi connectivity index (χ2n) is 7.31. The van der Waals surface area contributed by atoms with Crippen molar-refractivity contribution in [1.82, 2.24) is 0 Å². The molecular weight excluding hydrogens is 336 g/mol. The Kier molecular flexibility index (Phi) is 8.66. The molecule has 148 valence electrons. The molecule has 0 spiro atoms. The smallest absolute Gasteiger partial charge is 0.196 e. The topological polar surface area (TPSA) is 38.7 Å². The van der Waals surface area contributed by atoms with Gasteiger partial charge in [-0.15, -0.1) is 0 Å². The molecule has 3 heteroatoms. The van der Waals surface area contributed by atoms with E-state index in [1.165, 1.54) is 11.1 Å². The minimum absolute atomic E-state index is 0.223. The van der Waals surface area contributed by atoms with E-state index in [2.05, 4.69) is 32.9 Å². The first-order chi connectivity index (χ1) is 13.0. The van der Waals surface area contributed by atoms with Crippen LogP contribution in [0, 0.1) is 0 Å². The van der Waals surface area contributed by atoms with Crippen molar-refractivity contribution in [3.63, 3.8) is 0 Å². The Balaban J connectivity index is 1.93. The highest BCUT2D eigenvalue weighted by Gasteiger charge is 2.15. The van der Waals surface area contributed by atoms with Crippen LogP contribution in [0.15, 0.2) is 48.5 Å². The minimum Gasteiger partial charge on any atom is -0.508 e. The summed E-state index contributed by atoms with van der Waals surface area (Å²) in [7, 11) is 0. The van der Waals surface area contributed by atoms with Gasteiger partial charge >= 0.3 is 0 Å². The summed E-state index contributed by atoms with van der Waals surface area (Å²) >= 11 is 0. The lowest BCUT2D eigenvalue weighted by atomic mass is 9.84. The average Bonchev–Trinajstić information content (AvgIpc) is 2.67. The third kappa shape index (κ3) is 6.91. The van der Waals surface area contributed by atoms with Crippen LogP contribution in [0.25, 0.3) is 0 Å². The molecule has 0 fully saturated rings. The van der Waals surface area contributed by atoms with Gasteiger partial charge in [0.05, 0.1) is 6.61 Å². The fraction of sp³-hybridized carbons (Fsp3) is 0.500. The maximum absolute atomic E-state index is 9.47. The van der Waals surface area contributed by atoms with Crippen molar-refractivity contribution in [1.29, 1.82) is 0 Å². The fourth-order valence-electron chi connectivity index (χ4n) is 3.34. The lowest BCUT2D eigenvalue weighted by Gasteiger charge is -2.21. The number of aromatic hydroxyl groups is 1. The highest BCUT2D eigenvalue weighted by molar-refractivity contribution is 5.31. The van der Waals surface area contributed by atoms with E-state index in [0.717, 1.165) is 38.0 Å². The molecule has 2 aromatic rings. The zero-order valence-electron chi connectivity index (χ0n) is 17.2. The molecule has 27 heavy (non-hydrogen) atoms. The number of unbranched alkanes of at least 4 members (excludes halogenated alkanes) is 1. The van der Waals surface area contributed by atoms with Gasteiger partial charge in [0, 0.05) is 0 Å². The Morgan fingerprint density at radius 1 is 0.889 bits per heavy atom. The third-order valence-corrected chi connectivity index (χ3v) is 5.10. The SMILES string of the molecule is CCCCOC(C)Oc1ccc(C(CC)CC(C)c2ccc(O)cc2)cc1. The summed E-state index contributed by atoms with van der Waals surface area (Å²) in [6, 6.07) is 16.0. The summed E-state index contributed by atoms with van der Waals surface area (Å²) in [4.78, 5) is 0. The van der Waals surface area contributed by atoms with Gasteiger partial charge in [0.1, 0.15) is 11.5 Å². The summed E-state index contributed by atoms with van der Waals surface area (Å²) < 4.78 is 11.5. The fourth-order valence-corrected chi connectivity index (χ4v) is 3.34. The van der Waals surface area contributed by atoms with Crippen LogP contribution in [0.5, 0.6) is 11.5 Å². The van der Waals surface area contributed by atoms with E-state index in [1.807, 2.05) is 31.2 Å². The molecule has 0 aliphatic rings. The Morgan fingerprint density at radius 2 is 1.52 bits per heavy atom. The number of hydrogen-bond donors (Lipinski definition) is 1. The van der Waals surface area contributed by atoms with Crippen LogP contribution in [0.1, 0.15) is 76.3 Å². The number of phenolic OH excluding ortho intramolecular Hbond substituents is 1. The van der Waals surface area contributed by atoms with E-state index in [4.69, 9.17) is 9.47 Å². The van der Waals surface area contributed by atoms with Gasteiger partial charge < -0.3 is 14.6 Å². The highest BCUT2D eigenvalue weighted by atomic mass is 16.7. The molecule has 0 amide bonds. The molecule has 0 aliphatic carbocycles. The van der Waals surface area contributed by atoms with Gasteiger partial charge in [-0.05, 0) is 73.4 Å². The number of benzene rings is 2. The van der Waals surface area contributed by atoms with E-state index in [1.54, 1.807) is 12.1 Å². The molecule has 0 aromatic heterocycles. The van der Waals surface area contributed by atoms with Crippen molar-refractivity contribution in [2.24, 2.45) is 0 Å². The summed E-state index contributed by atoms with van der Waals surface area (Å²) in [6.07, 6.45) is 4.14. The maximum Gasteiger partial charge on any atom is 0.196 e. The molecule has 0 radical (unpaired) electrons. The van der Waals surface area contributed by atoms with Gasteiger partial charge in [-0.25, -0.2) is 0 Å². The second kappa shape index (κ2) is 11.0. The quantitative estimate of drug-likeness (QED) is 0.357. The Labute approximate surface area is 164 Å². The predicted octanol–water partition coefficient (Wildman–Crippen LogP) is 6.62. The lowest BCUT2D eigenvalue weighted by molar-refractivity contribution is -0.0673. The first-order valence-electron chi connectivity index (χ1n) is 10.2.